The van der Waals surface area contributed by atoms with E-state index >= 15 is 0 Å². The average molecular weight is 497 g/mol. The Balaban J connectivity index is 1.34. The molecule has 1 fully saturated rings. The molecule has 0 bridgehead atoms. The SMILES string of the molecule is O=C(NCC(O)COc1ccc2c(c1)OCO2)c1ccc(Cl)c(S(=O)(=O)N2CCCCC2)c1. The van der Waals surface area contributed by atoms with Crippen LogP contribution < -0.4 is 19.5 Å². The summed E-state index contributed by atoms with van der Waals surface area (Å²) in [6, 6.07) is 9.18. The lowest BCUT2D eigenvalue weighted by atomic mass is 10.2. The average Bonchev–Trinajstić information content (AvgIpc) is 3.30. The van der Waals surface area contributed by atoms with Gasteiger partial charge in [0.05, 0.1) is 5.02 Å². The molecule has 1 amide bonds. The van der Waals surface area contributed by atoms with Crippen molar-refractivity contribution < 1.29 is 32.5 Å². The largest absolute Gasteiger partial charge is 0.491 e. The first-order chi connectivity index (χ1) is 15.8. The van der Waals surface area contributed by atoms with Gasteiger partial charge in [0.15, 0.2) is 11.5 Å². The van der Waals surface area contributed by atoms with Gasteiger partial charge in [-0.15, -0.1) is 0 Å². The van der Waals surface area contributed by atoms with Gasteiger partial charge in [0.1, 0.15) is 23.4 Å². The van der Waals surface area contributed by atoms with Gasteiger partial charge in [0.25, 0.3) is 5.91 Å². The fraction of sp³-hybridized carbons (Fsp3) is 0.409. The number of piperidine rings is 1. The maximum atomic E-state index is 13.0. The van der Waals surface area contributed by atoms with Crippen molar-refractivity contribution in [3.63, 3.8) is 0 Å². The predicted molar refractivity (Wildman–Crippen MR) is 120 cm³/mol. The van der Waals surface area contributed by atoms with E-state index in [4.69, 9.17) is 25.8 Å². The molecule has 2 heterocycles. The number of fused-ring (bicyclic) bond motifs is 1. The molecule has 9 nitrogen and oxygen atoms in total. The Morgan fingerprint density at radius 3 is 2.67 bits per heavy atom. The molecule has 2 aliphatic heterocycles. The van der Waals surface area contributed by atoms with Crippen molar-refractivity contribution in [2.75, 3.05) is 33.0 Å². The highest BCUT2D eigenvalue weighted by molar-refractivity contribution is 7.89. The zero-order chi connectivity index (χ0) is 23.4. The minimum atomic E-state index is -3.79. The van der Waals surface area contributed by atoms with E-state index in [9.17, 15) is 18.3 Å². The van der Waals surface area contributed by atoms with E-state index in [0.717, 1.165) is 19.3 Å². The molecule has 4 rings (SSSR count). The monoisotopic (exact) mass is 496 g/mol. The minimum absolute atomic E-state index is 0.0604. The number of benzene rings is 2. The Bertz CT molecular complexity index is 1120. The molecule has 0 radical (unpaired) electrons. The van der Waals surface area contributed by atoms with Gasteiger partial charge in [0.2, 0.25) is 16.8 Å². The number of nitrogens with one attached hydrogen (secondary N) is 1. The van der Waals surface area contributed by atoms with Crippen LogP contribution in [0.15, 0.2) is 41.3 Å². The zero-order valence-electron chi connectivity index (χ0n) is 17.8. The van der Waals surface area contributed by atoms with Crippen molar-refractivity contribution >= 4 is 27.5 Å². The third kappa shape index (κ3) is 5.52. The van der Waals surface area contributed by atoms with E-state index in [1.165, 1.54) is 22.5 Å². The quantitative estimate of drug-likeness (QED) is 0.576. The van der Waals surface area contributed by atoms with Crippen LogP contribution in [0.4, 0.5) is 0 Å². The van der Waals surface area contributed by atoms with Gasteiger partial charge < -0.3 is 24.6 Å². The molecule has 0 spiro atoms. The van der Waals surface area contributed by atoms with Crippen LogP contribution in [0.5, 0.6) is 17.2 Å². The summed E-state index contributed by atoms with van der Waals surface area (Å²) in [4.78, 5) is 12.5. The third-order valence-electron chi connectivity index (χ3n) is 5.41. The highest BCUT2D eigenvalue weighted by Gasteiger charge is 2.29. The summed E-state index contributed by atoms with van der Waals surface area (Å²) in [7, 11) is -3.79. The van der Waals surface area contributed by atoms with Gasteiger partial charge >= 0.3 is 0 Å². The van der Waals surface area contributed by atoms with E-state index < -0.39 is 22.0 Å². The topological polar surface area (TPSA) is 114 Å². The zero-order valence-corrected chi connectivity index (χ0v) is 19.4. The van der Waals surface area contributed by atoms with Crippen LogP contribution in [0.3, 0.4) is 0 Å². The number of carbonyl (C=O) groups is 1. The molecule has 1 unspecified atom stereocenters. The number of carbonyl (C=O) groups excluding carboxylic acids is 1. The van der Waals surface area contributed by atoms with Gasteiger partial charge in [-0.2, -0.15) is 4.31 Å². The van der Waals surface area contributed by atoms with Gasteiger partial charge in [-0.3, -0.25) is 4.79 Å². The molecule has 1 saturated heterocycles. The maximum absolute atomic E-state index is 13.0. The van der Waals surface area contributed by atoms with Crippen molar-refractivity contribution in [2.45, 2.75) is 30.3 Å². The highest BCUT2D eigenvalue weighted by atomic mass is 35.5. The van der Waals surface area contributed by atoms with Gasteiger partial charge in [-0.1, -0.05) is 18.0 Å². The molecule has 2 aliphatic rings. The molecule has 0 saturated carbocycles. The predicted octanol–water partition coefficient (Wildman–Crippen LogP) is 2.41. The van der Waals surface area contributed by atoms with Crippen LogP contribution in [0.1, 0.15) is 29.6 Å². The summed E-state index contributed by atoms with van der Waals surface area (Å²) in [6.45, 7) is 0.879. The summed E-state index contributed by atoms with van der Waals surface area (Å²) in [5.41, 5.74) is 0.138. The molecule has 0 aliphatic carbocycles. The summed E-state index contributed by atoms with van der Waals surface area (Å²) in [5.74, 6) is 1.16. The number of sulfonamides is 1. The molecule has 33 heavy (non-hydrogen) atoms. The van der Waals surface area contributed by atoms with E-state index in [0.29, 0.717) is 30.3 Å². The molecule has 178 valence electrons. The number of halogens is 1. The molecule has 11 heteroatoms. The van der Waals surface area contributed by atoms with E-state index in [1.807, 2.05) is 0 Å². The van der Waals surface area contributed by atoms with E-state index in [2.05, 4.69) is 5.32 Å². The van der Waals surface area contributed by atoms with Crippen LogP contribution in [0.2, 0.25) is 5.02 Å². The summed E-state index contributed by atoms with van der Waals surface area (Å²) < 4.78 is 43.4. The van der Waals surface area contributed by atoms with Gasteiger partial charge in [0, 0.05) is 31.3 Å². The smallest absolute Gasteiger partial charge is 0.251 e. The molecule has 2 N–H and O–H groups in total. The molecule has 2 aromatic rings. The lowest BCUT2D eigenvalue weighted by molar-refractivity contribution is 0.0843. The number of hydrogen-bond donors (Lipinski definition) is 2. The first kappa shape index (κ1) is 23.6. The van der Waals surface area contributed by atoms with Crippen LogP contribution in [0, 0.1) is 0 Å². The van der Waals surface area contributed by atoms with Crippen LogP contribution >= 0.6 is 11.6 Å². The van der Waals surface area contributed by atoms with Gasteiger partial charge in [-0.25, -0.2) is 8.42 Å². The first-order valence-electron chi connectivity index (χ1n) is 10.6. The Labute approximate surface area is 197 Å². The summed E-state index contributed by atoms with van der Waals surface area (Å²) in [6.07, 6.45) is 1.60. The van der Waals surface area contributed by atoms with Crippen LogP contribution in [-0.4, -0.2) is 62.9 Å². The molecule has 1 atom stereocenters. The van der Waals surface area contributed by atoms with E-state index in [1.54, 1.807) is 18.2 Å². The Hall–Kier alpha value is -2.53. The lowest BCUT2D eigenvalue weighted by Crippen LogP contribution is -2.36. The minimum Gasteiger partial charge on any atom is -0.491 e. The molecular formula is C22H25ClN2O7S. The number of nitrogens with zero attached hydrogens (tertiary/aromatic N) is 1. The number of hydrogen-bond acceptors (Lipinski definition) is 7. The summed E-state index contributed by atoms with van der Waals surface area (Å²) >= 11 is 6.16. The molecule has 2 aromatic carbocycles. The number of rotatable bonds is 8. The number of amides is 1. The molecule has 0 aromatic heterocycles. The van der Waals surface area contributed by atoms with Crippen molar-refractivity contribution in [1.29, 1.82) is 0 Å². The number of aliphatic hydroxyl groups excluding tert-OH is 1. The second-order valence-electron chi connectivity index (χ2n) is 7.80. The second kappa shape index (κ2) is 10.2. The van der Waals surface area contributed by atoms with Crippen molar-refractivity contribution in [3.8, 4) is 17.2 Å². The van der Waals surface area contributed by atoms with E-state index in [-0.39, 0.29) is 35.4 Å². The standard InChI is InChI=1S/C22H25ClN2O7S/c23-18-6-4-15(10-21(18)33(28,29)25-8-2-1-3-9-25)22(27)24-12-16(26)13-30-17-5-7-19-20(11-17)32-14-31-19/h4-7,10-11,16,26H,1-3,8-9,12-14H2,(H,24,27). The number of aliphatic hydroxyl groups is 1. The Morgan fingerprint density at radius 1 is 1.12 bits per heavy atom. The molecular weight excluding hydrogens is 472 g/mol. The Morgan fingerprint density at radius 2 is 1.88 bits per heavy atom. The van der Waals surface area contributed by atoms with Crippen LogP contribution in [-0.2, 0) is 10.0 Å². The Kier molecular flexibility index (Phi) is 7.28. The van der Waals surface area contributed by atoms with Gasteiger partial charge in [-0.05, 0) is 43.2 Å². The second-order valence-corrected chi connectivity index (χ2v) is 10.1. The van der Waals surface area contributed by atoms with Crippen molar-refractivity contribution in [1.82, 2.24) is 9.62 Å². The normalized spacial score (nSPS) is 16.9. The van der Waals surface area contributed by atoms with Crippen LogP contribution in [0.25, 0.3) is 0 Å². The first-order valence-corrected chi connectivity index (χ1v) is 12.4. The fourth-order valence-corrected chi connectivity index (χ4v) is 5.63. The fourth-order valence-electron chi connectivity index (χ4n) is 3.62. The van der Waals surface area contributed by atoms with Crippen molar-refractivity contribution in [3.05, 3.63) is 47.0 Å². The lowest BCUT2D eigenvalue weighted by Gasteiger charge is -2.26. The highest BCUT2D eigenvalue weighted by Crippen LogP contribution is 2.35. The maximum Gasteiger partial charge on any atom is 0.251 e. The third-order valence-corrected chi connectivity index (χ3v) is 7.79. The van der Waals surface area contributed by atoms with Crippen molar-refractivity contribution in [2.24, 2.45) is 0 Å². The summed E-state index contributed by atoms with van der Waals surface area (Å²) in [5, 5.41) is 12.8. The number of ether oxygens (including phenoxy) is 3.